The number of carbonyl (C=O) groups is 1. The zero-order valence-electron chi connectivity index (χ0n) is 10.7. The average molecular weight is 297 g/mol. The van der Waals surface area contributed by atoms with E-state index in [1.165, 1.54) is 12.3 Å². The van der Waals surface area contributed by atoms with Gasteiger partial charge in [0.25, 0.3) is 0 Å². The molecule has 21 heavy (non-hydrogen) atoms. The number of hydrogen-bond acceptors (Lipinski definition) is 3. The highest BCUT2D eigenvalue weighted by molar-refractivity contribution is 5.97. The number of Topliss-reactive ketones (excluding diaryl/α,β-unsaturated/α-hetero) is 1. The van der Waals surface area contributed by atoms with Gasteiger partial charge in [-0.1, -0.05) is 0 Å². The van der Waals surface area contributed by atoms with E-state index in [-0.39, 0.29) is 35.3 Å². The van der Waals surface area contributed by atoms with E-state index in [4.69, 9.17) is 0 Å². The number of pyridine rings is 1. The SMILES string of the molecule is O=C1CCCc2c(C(F)(F)F)nn(-c3cc(=O)cc[nH]3)c21. The molecule has 3 rings (SSSR count). The summed E-state index contributed by atoms with van der Waals surface area (Å²) in [6.07, 6.45) is -2.65. The molecule has 1 N–H and O–H groups in total. The molecular formula is C13H10F3N3O2. The number of nitrogens with zero attached hydrogens (tertiary/aromatic N) is 2. The number of rotatable bonds is 1. The Morgan fingerprint density at radius 2 is 2.00 bits per heavy atom. The number of carbonyl (C=O) groups excluding carboxylic acids is 1. The molecule has 0 saturated heterocycles. The molecule has 0 amide bonds. The summed E-state index contributed by atoms with van der Waals surface area (Å²) in [5, 5.41) is 3.53. The third-order valence-electron chi connectivity index (χ3n) is 3.33. The van der Waals surface area contributed by atoms with Crippen LogP contribution in [-0.2, 0) is 12.6 Å². The molecule has 1 aliphatic carbocycles. The predicted octanol–water partition coefficient (Wildman–Crippen LogP) is 2.10. The highest BCUT2D eigenvalue weighted by Gasteiger charge is 2.41. The van der Waals surface area contributed by atoms with E-state index in [2.05, 4.69) is 10.1 Å². The van der Waals surface area contributed by atoms with Crippen molar-refractivity contribution in [2.75, 3.05) is 0 Å². The van der Waals surface area contributed by atoms with Crippen LogP contribution in [0.15, 0.2) is 23.1 Å². The molecule has 0 unspecified atom stereocenters. The number of fused-ring (bicyclic) bond motifs is 1. The van der Waals surface area contributed by atoms with Gasteiger partial charge in [-0.2, -0.15) is 18.3 Å². The van der Waals surface area contributed by atoms with Crippen molar-refractivity contribution < 1.29 is 18.0 Å². The van der Waals surface area contributed by atoms with Crippen LogP contribution in [0, 0.1) is 0 Å². The van der Waals surface area contributed by atoms with Gasteiger partial charge in [0.15, 0.2) is 16.9 Å². The van der Waals surface area contributed by atoms with Gasteiger partial charge in [-0.05, 0) is 12.8 Å². The first kappa shape index (κ1) is 13.6. The van der Waals surface area contributed by atoms with Crippen LogP contribution in [0.2, 0.25) is 0 Å². The van der Waals surface area contributed by atoms with E-state index in [9.17, 15) is 22.8 Å². The first-order valence-electron chi connectivity index (χ1n) is 6.29. The molecule has 110 valence electrons. The molecule has 2 heterocycles. The molecule has 0 aromatic carbocycles. The van der Waals surface area contributed by atoms with Crippen molar-refractivity contribution in [1.82, 2.24) is 14.8 Å². The van der Waals surface area contributed by atoms with Crippen molar-refractivity contribution in [1.29, 1.82) is 0 Å². The lowest BCUT2D eigenvalue weighted by Crippen LogP contribution is -2.17. The van der Waals surface area contributed by atoms with E-state index in [1.54, 1.807) is 0 Å². The first-order chi connectivity index (χ1) is 9.88. The van der Waals surface area contributed by atoms with Crippen LogP contribution in [0.5, 0.6) is 0 Å². The van der Waals surface area contributed by atoms with Crippen molar-refractivity contribution in [2.24, 2.45) is 0 Å². The summed E-state index contributed by atoms with van der Waals surface area (Å²) in [4.78, 5) is 26.0. The summed E-state index contributed by atoms with van der Waals surface area (Å²) in [5.74, 6) is -0.353. The summed E-state index contributed by atoms with van der Waals surface area (Å²) in [7, 11) is 0. The van der Waals surface area contributed by atoms with Crippen molar-refractivity contribution >= 4 is 5.78 Å². The number of alkyl halides is 3. The highest BCUT2D eigenvalue weighted by Crippen LogP contribution is 2.36. The Balaban J connectivity index is 2.29. The maximum Gasteiger partial charge on any atom is 0.435 e. The van der Waals surface area contributed by atoms with Crippen LogP contribution in [0.25, 0.3) is 5.82 Å². The molecule has 0 atom stereocenters. The molecule has 5 nitrogen and oxygen atoms in total. The zero-order chi connectivity index (χ0) is 15.2. The van der Waals surface area contributed by atoms with Gasteiger partial charge in [-0.3, -0.25) is 9.59 Å². The number of hydrogen-bond donors (Lipinski definition) is 1. The lowest BCUT2D eigenvalue weighted by molar-refractivity contribution is -0.142. The zero-order valence-corrected chi connectivity index (χ0v) is 10.7. The van der Waals surface area contributed by atoms with Gasteiger partial charge < -0.3 is 4.98 Å². The monoisotopic (exact) mass is 297 g/mol. The number of nitrogens with one attached hydrogen (secondary N) is 1. The fraction of sp³-hybridized carbons (Fsp3) is 0.308. The van der Waals surface area contributed by atoms with Crippen molar-refractivity contribution in [3.8, 4) is 5.82 Å². The quantitative estimate of drug-likeness (QED) is 0.876. The normalized spacial score (nSPS) is 15.1. The third-order valence-corrected chi connectivity index (χ3v) is 3.33. The fourth-order valence-corrected chi connectivity index (χ4v) is 2.48. The van der Waals surface area contributed by atoms with E-state index in [1.807, 2.05) is 0 Å². The lowest BCUT2D eigenvalue weighted by atomic mass is 9.94. The molecular weight excluding hydrogens is 287 g/mol. The van der Waals surface area contributed by atoms with Crippen LogP contribution in [0.1, 0.15) is 34.6 Å². The minimum absolute atomic E-state index is 0.0458. The molecule has 0 bridgehead atoms. The average Bonchev–Trinajstić information content (AvgIpc) is 2.79. The molecule has 0 fully saturated rings. The summed E-state index contributed by atoms with van der Waals surface area (Å²) < 4.78 is 40.0. The second-order valence-corrected chi connectivity index (χ2v) is 4.77. The van der Waals surface area contributed by atoms with Gasteiger partial charge in [-0.25, -0.2) is 4.68 Å². The summed E-state index contributed by atoms with van der Waals surface area (Å²) in [5.41, 5.74) is -1.63. The second kappa shape index (κ2) is 4.57. The Kier molecular flexibility index (Phi) is 2.96. The van der Waals surface area contributed by atoms with Gasteiger partial charge in [0.05, 0.1) is 0 Å². The molecule has 0 aliphatic heterocycles. The number of H-pyrrole nitrogens is 1. The van der Waals surface area contributed by atoms with Crippen molar-refractivity contribution in [3.05, 3.63) is 45.5 Å². The third kappa shape index (κ3) is 2.26. The molecule has 0 saturated carbocycles. The van der Waals surface area contributed by atoms with Crippen molar-refractivity contribution in [2.45, 2.75) is 25.4 Å². The van der Waals surface area contributed by atoms with Crippen LogP contribution < -0.4 is 5.43 Å². The maximum absolute atomic E-state index is 13.1. The maximum atomic E-state index is 13.1. The van der Waals surface area contributed by atoms with Crippen LogP contribution in [-0.4, -0.2) is 20.5 Å². The second-order valence-electron chi connectivity index (χ2n) is 4.77. The Morgan fingerprint density at radius 3 is 2.67 bits per heavy atom. The minimum Gasteiger partial charge on any atom is -0.346 e. The van der Waals surface area contributed by atoms with Crippen molar-refractivity contribution in [3.63, 3.8) is 0 Å². The fourth-order valence-electron chi connectivity index (χ4n) is 2.48. The van der Waals surface area contributed by atoms with Gasteiger partial charge in [0.2, 0.25) is 0 Å². The summed E-state index contributed by atoms with van der Waals surface area (Å²) >= 11 is 0. The van der Waals surface area contributed by atoms with Gasteiger partial charge in [0, 0.05) is 30.3 Å². The highest BCUT2D eigenvalue weighted by atomic mass is 19.4. The van der Waals surface area contributed by atoms with Crippen LogP contribution in [0.3, 0.4) is 0 Å². The Morgan fingerprint density at radius 1 is 1.24 bits per heavy atom. The number of aromatic amines is 1. The summed E-state index contributed by atoms with van der Waals surface area (Å²) in [6.45, 7) is 0. The van der Waals surface area contributed by atoms with E-state index < -0.39 is 17.7 Å². The Bertz CT molecular complexity index is 774. The molecule has 2 aromatic heterocycles. The number of halogens is 3. The largest absolute Gasteiger partial charge is 0.435 e. The predicted molar refractivity (Wildman–Crippen MR) is 66.5 cm³/mol. The molecule has 1 aliphatic rings. The topological polar surface area (TPSA) is 67.8 Å². The van der Waals surface area contributed by atoms with Crippen LogP contribution in [0.4, 0.5) is 13.2 Å². The van der Waals surface area contributed by atoms with E-state index in [0.29, 0.717) is 6.42 Å². The first-order valence-corrected chi connectivity index (χ1v) is 6.29. The Hall–Kier alpha value is -2.38. The minimum atomic E-state index is -4.64. The number of aromatic nitrogens is 3. The molecule has 2 aromatic rings. The molecule has 8 heteroatoms. The van der Waals surface area contributed by atoms with Gasteiger partial charge in [-0.15, -0.1) is 0 Å². The summed E-state index contributed by atoms with van der Waals surface area (Å²) in [6, 6.07) is 2.33. The number of ketones is 1. The van der Waals surface area contributed by atoms with Crippen LogP contribution >= 0.6 is 0 Å². The smallest absolute Gasteiger partial charge is 0.346 e. The lowest BCUT2D eigenvalue weighted by Gasteiger charge is -2.13. The van der Waals surface area contributed by atoms with E-state index >= 15 is 0 Å². The standard InChI is InChI=1S/C13H10F3N3O2/c14-13(15,16)12-8-2-1-3-9(21)11(8)19(18-12)10-6-7(20)4-5-17-10/h4-6H,1-3H2,(H,17,20). The van der Waals surface area contributed by atoms with Gasteiger partial charge in [0.1, 0.15) is 11.5 Å². The Labute approximate surface area is 116 Å². The molecule has 0 spiro atoms. The molecule has 0 radical (unpaired) electrons. The van der Waals surface area contributed by atoms with Gasteiger partial charge >= 0.3 is 6.18 Å². The van der Waals surface area contributed by atoms with E-state index in [0.717, 1.165) is 10.7 Å².